The molecule has 0 spiro atoms. The number of carbonyl (C=O) groups excluding carboxylic acids is 1. The summed E-state index contributed by atoms with van der Waals surface area (Å²) < 4.78 is 55.8. The van der Waals surface area contributed by atoms with Gasteiger partial charge in [-0.15, -0.1) is 0 Å². The van der Waals surface area contributed by atoms with Crippen LogP contribution in [0, 0.1) is 0 Å². The molecule has 0 unspecified atom stereocenters. The van der Waals surface area contributed by atoms with Crippen molar-refractivity contribution >= 4 is 5.91 Å². The topological polar surface area (TPSA) is 70.6 Å². The number of pyridine rings is 1. The van der Waals surface area contributed by atoms with Crippen LogP contribution in [0.5, 0.6) is 5.75 Å². The molecule has 0 aliphatic carbocycles. The number of aromatic nitrogens is 3. The summed E-state index contributed by atoms with van der Waals surface area (Å²) in [7, 11) is 1.88. The number of ether oxygens (including phenoxy) is 2. The van der Waals surface area contributed by atoms with Crippen LogP contribution in [0.2, 0.25) is 0 Å². The van der Waals surface area contributed by atoms with E-state index in [9.17, 15) is 18.0 Å². The maximum Gasteiger partial charge on any atom is 0.416 e. The van der Waals surface area contributed by atoms with Crippen molar-refractivity contribution in [3.8, 4) is 5.75 Å². The molecule has 198 valence electrons. The van der Waals surface area contributed by atoms with Crippen LogP contribution in [0.15, 0.2) is 53.8 Å². The van der Waals surface area contributed by atoms with Crippen molar-refractivity contribution in [3.63, 3.8) is 0 Å². The Morgan fingerprint density at radius 2 is 2.00 bits per heavy atom. The second-order valence-electron chi connectivity index (χ2n) is 10.2. The molecule has 1 aliphatic rings. The minimum absolute atomic E-state index is 0.0169. The number of benzene rings is 1. The van der Waals surface area contributed by atoms with Crippen molar-refractivity contribution in [2.45, 2.75) is 64.5 Å². The van der Waals surface area contributed by atoms with E-state index in [1.807, 2.05) is 37.2 Å². The van der Waals surface area contributed by atoms with Gasteiger partial charge in [-0.2, -0.15) is 18.2 Å². The molecule has 0 radical (unpaired) electrons. The van der Waals surface area contributed by atoms with Crippen LogP contribution in [0.4, 0.5) is 13.2 Å². The highest BCUT2D eigenvalue weighted by molar-refractivity contribution is 5.97. The summed E-state index contributed by atoms with van der Waals surface area (Å²) in [5, 5.41) is 0. The van der Waals surface area contributed by atoms with Gasteiger partial charge in [0.25, 0.3) is 5.91 Å². The molecule has 0 N–H and O–H groups in total. The first-order valence-electron chi connectivity index (χ1n) is 12.1. The van der Waals surface area contributed by atoms with Gasteiger partial charge < -0.3 is 9.47 Å². The molecular formula is C27H31F3N4O3. The summed E-state index contributed by atoms with van der Waals surface area (Å²) in [5.41, 5.74) is 0.527. The number of amides is 1. The molecular weight excluding hydrogens is 485 g/mol. The predicted octanol–water partition coefficient (Wildman–Crippen LogP) is 5.04. The normalized spacial score (nSPS) is 16.8. The molecule has 1 atom stereocenters. The lowest BCUT2D eigenvalue weighted by molar-refractivity contribution is -0.137. The van der Waals surface area contributed by atoms with Crippen LogP contribution in [0.25, 0.3) is 0 Å². The molecule has 1 saturated heterocycles. The van der Waals surface area contributed by atoms with Crippen LogP contribution in [0.3, 0.4) is 0 Å². The zero-order valence-corrected chi connectivity index (χ0v) is 21.4. The molecule has 1 fully saturated rings. The lowest BCUT2D eigenvalue weighted by Gasteiger charge is -2.21. The van der Waals surface area contributed by atoms with Crippen molar-refractivity contribution in [1.29, 1.82) is 0 Å². The SMILES string of the molecule is Cn1c(C(C)(C)C)c/c(=N\C(=O)c2cc(C(F)(F)F)ccc2OCc2cccnc2)n1C[C@H]1CCCO1. The molecule has 3 heterocycles. The zero-order valence-electron chi connectivity index (χ0n) is 21.4. The van der Waals surface area contributed by atoms with Gasteiger partial charge in [-0.1, -0.05) is 26.8 Å². The van der Waals surface area contributed by atoms with Gasteiger partial charge in [0.05, 0.1) is 23.8 Å². The van der Waals surface area contributed by atoms with E-state index in [1.165, 1.54) is 0 Å². The molecule has 1 aromatic carbocycles. The Morgan fingerprint density at radius 1 is 1.22 bits per heavy atom. The summed E-state index contributed by atoms with van der Waals surface area (Å²) in [6, 6.07) is 8.15. The van der Waals surface area contributed by atoms with E-state index in [0.29, 0.717) is 24.2 Å². The van der Waals surface area contributed by atoms with E-state index in [1.54, 1.807) is 30.6 Å². The van der Waals surface area contributed by atoms with Crippen LogP contribution in [-0.4, -0.2) is 33.0 Å². The fourth-order valence-electron chi connectivity index (χ4n) is 4.37. The van der Waals surface area contributed by atoms with E-state index < -0.39 is 17.6 Å². The number of carbonyl (C=O) groups is 1. The molecule has 1 amide bonds. The Labute approximate surface area is 213 Å². The van der Waals surface area contributed by atoms with Gasteiger partial charge in [0.1, 0.15) is 12.4 Å². The highest BCUT2D eigenvalue weighted by Crippen LogP contribution is 2.33. The van der Waals surface area contributed by atoms with Crippen LogP contribution in [0.1, 0.15) is 60.8 Å². The quantitative estimate of drug-likeness (QED) is 0.461. The number of hydrogen-bond donors (Lipinski definition) is 0. The number of halogens is 3. The molecule has 1 aliphatic heterocycles. The van der Waals surface area contributed by atoms with E-state index in [-0.39, 0.29) is 29.4 Å². The molecule has 0 bridgehead atoms. The fraction of sp³-hybridized carbons (Fsp3) is 0.444. The third-order valence-corrected chi connectivity index (χ3v) is 6.28. The summed E-state index contributed by atoms with van der Waals surface area (Å²) in [4.78, 5) is 21.7. The third kappa shape index (κ3) is 6.30. The average Bonchev–Trinajstić information content (AvgIpc) is 3.46. The molecule has 10 heteroatoms. The molecule has 37 heavy (non-hydrogen) atoms. The zero-order chi connectivity index (χ0) is 26.8. The monoisotopic (exact) mass is 516 g/mol. The first kappa shape index (κ1) is 26.7. The molecule has 0 saturated carbocycles. The number of rotatable bonds is 6. The maximum absolute atomic E-state index is 13.5. The molecule has 4 rings (SSSR count). The van der Waals surface area contributed by atoms with Crippen molar-refractivity contribution in [2.75, 3.05) is 6.61 Å². The minimum Gasteiger partial charge on any atom is -0.488 e. The smallest absolute Gasteiger partial charge is 0.416 e. The van der Waals surface area contributed by atoms with Gasteiger partial charge in [-0.25, -0.2) is 0 Å². The first-order chi connectivity index (χ1) is 17.4. The lowest BCUT2D eigenvalue weighted by Crippen LogP contribution is -2.30. The lowest BCUT2D eigenvalue weighted by atomic mass is 9.92. The standard InChI is InChI=1S/C27H31F3N4O3/c1-26(2,3)23-14-24(34(33(23)4)16-20-8-6-12-36-20)32-25(35)21-13-19(27(28,29)30)9-10-22(21)37-17-18-7-5-11-31-15-18/h5,7,9-11,13-15,20H,6,8,12,16-17H2,1-4H3/b32-24+/t20-/m1/s1. The summed E-state index contributed by atoms with van der Waals surface area (Å²) in [5.74, 6) is -0.803. The Bertz CT molecular complexity index is 1320. The number of alkyl halides is 3. The highest BCUT2D eigenvalue weighted by Gasteiger charge is 2.32. The summed E-state index contributed by atoms with van der Waals surface area (Å²) in [6.45, 7) is 7.32. The maximum atomic E-state index is 13.5. The van der Waals surface area contributed by atoms with E-state index in [2.05, 4.69) is 9.98 Å². The Balaban J connectivity index is 1.76. The second-order valence-corrected chi connectivity index (χ2v) is 10.2. The summed E-state index contributed by atoms with van der Waals surface area (Å²) in [6.07, 6.45) is 0.380. The summed E-state index contributed by atoms with van der Waals surface area (Å²) >= 11 is 0. The van der Waals surface area contributed by atoms with E-state index in [0.717, 1.165) is 36.7 Å². The van der Waals surface area contributed by atoms with Gasteiger partial charge in [-0.3, -0.25) is 19.1 Å². The number of nitrogens with zero attached hydrogens (tertiary/aromatic N) is 4. The van der Waals surface area contributed by atoms with E-state index >= 15 is 0 Å². The van der Waals surface area contributed by atoms with E-state index in [4.69, 9.17) is 9.47 Å². The Kier molecular flexibility index (Phi) is 7.59. The largest absolute Gasteiger partial charge is 0.488 e. The van der Waals surface area contributed by atoms with Crippen molar-refractivity contribution < 1.29 is 27.4 Å². The van der Waals surface area contributed by atoms with Crippen molar-refractivity contribution in [2.24, 2.45) is 12.0 Å². The van der Waals surface area contributed by atoms with Gasteiger partial charge in [0.2, 0.25) is 0 Å². The fourth-order valence-corrected chi connectivity index (χ4v) is 4.37. The molecule has 7 nitrogen and oxygen atoms in total. The average molecular weight is 517 g/mol. The van der Waals surface area contributed by atoms with Crippen LogP contribution < -0.4 is 10.2 Å². The van der Waals surface area contributed by atoms with Crippen molar-refractivity contribution in [1.82, 2.24) is 14.3 Å². The Hall–Kier alpha value is -3.40. The second kappa shape index (κ2) is 10.5. The van der Waals surface area contributed by atoms with Crippen molar-refractivity contribution in [3.05, 3.63) is 76.7 Å². The number of hydrogen-bond acceptors (Lipinski definition) is 4. The minimum atomic E-state index is -4.62. The first-order valence-corrected chi connectivity index (χ1v) is 12.1. The molecule has 2 aromatic heterocycles. The Morgan fingerprint density at radius 3 is 2.62 bits per heavy atom. The van der Waals surface area contributed by atoms with Crippen LogP contribution in [-0.2, 0) is 36.5 Å². The third-order valence-electron chi connectivity index (χ3n) is 6.28. The predicted molar refractivity (Wildman–Crippen MR) is 131 cm³/mol. The molecule has 3 aromatic rings. The van der Waals surface area contributed by atoms with Gasteiger partial charge in [0, 0.05) is 48.8 Å². The van der Waals surface area contributed by atoms with Gasteiger partial charge in [0.15, 0.2) is 5.49 Å². The van der Waals surface area contributed by atoms with Gasteiger partial charge in [-0.05, 0) is 37.1 Å². The van der Waals surface area contributed by atoms with Gasteiger partial charge >= 0.3 is 6.18 Å². The highest BCUT2D eigenvalue weighted by atomic mass is 19.4. The van der Waals surface area contributed by atoms with Crippen LogP contribution >= 0.6 is 0 Å².